The number of hydrogen-bond donors (Lipinski definition) is 1. The topological polar surface area (TPSA) is 49.4 Å². The molecule has 1 N–H and O–H groups in total. The van der Waals surface area contributed by atoms with Gasteiger partial charge in [0.15, 0.2) is 0 Å². The molecule has 1 aliphatic rings. The summed E-state index contributed by atoms with van der Waals surface area (Å²) in [4.78, 5) is 23.6. The lowest BCUT2D eigenvalue weighted by molar-refractivity contribution is -0.119. The summed E-state index contributed by atoms with van der Waals surface area (Å²) in [6.45, 7) is 1.06. The van der Waals surface area contributed by atoms with E-state index in [0.717, 1.165) is 23.7 Å². The second-order valence-electron chi connectivity index (χ2n) is 3.50. The molecule has 1 heterocycles. The quantitative estimate of drug-likeness (QED) is 0.804. The first-order valence-electron chi connectivity index (χ1n) is 4.99. The van der Waals surface area contributed by atoms with Crippen LogP contribution in [0, 0.1) is 0 Å². The van der Waals surface area contributed by atoms with Crippen molar-refractivity contribution >= 4 is 23.4 Å². The molecule has 0 spiro atoms. The molecule has 1 unspecified atom stereocenters. The molecule has 16 heavy (non-hydrogen) atoms. The van der Waals surface area contributed by atoms with Crippen molar-refractivity contribution in [2.24, 2.45) is 0 Å². The summed E-state index contributed by atoms with van der Waals surface area (Å²) in [5.41, 5.74) is 1.06. The van der Waals surface area contributed by atoms with Crippen molar-refractivity contribution in [2.75, 3.05) is 6.54 Å². The summed E-state index contributed by atoms with van der Waals surface area (Å²) in [6.07, 6.45) is 0.797. The minimum atomic E-state index is -0.0924. The maximum Gasteiger partial charge on any atom is 0.281 e. The highest BCUT2D eigenvalue weighted by Crippen LogP contribution is 2.21. The second kappa shape index (κ2) is 5.03. The number of nitrogens with one attached hydrogen (secondary N) is 1. The lowest BCUT2D eigenvalue weighted by atomic mass is 10.2. The Morgan fingerprint density at radius 3 is 2.75 bits per heavy atom. The average molecular weight is 236 g/mol. The highest BCUT2D eigenvalue weighted by atomic mass is 32.2. The molecule has 0 radical (unpaired) electrons. The van der Waals surface area contributed by atoms with Crippen molar-refractivity contribution in [2.45, 2.75) is 11.9 Å². The summed E-state index contributed by atoms with van der Waals surface area (Å²) < 4.78 is 0. The van der Waals surface area contributed by atoms with Gasteiger partial charge in [0.05, 0.1) is 0 Å². The SMILES string of the molecule is O=CN(Cc1ccccc1)C1CNC(=O)S1. The third-order valence-corrected chi connectivity index (χ3v) is 3.45. The lowest BCUT2D eigenvalue weighted by Gasteiger charge is -2.22. The van der Waals surface area contributed by atoms with Crippen LogP contribution in [-0.2, 0) is 11.3 Å². The monoisotopic (exact) mass is 236 g/mol. The van der Waals surface area contributed by atoms with E-state index in [-0.39, 0.29) is 10.6 Å². The maximum atomic E-state index is 11.0. The first-order chi connectivity index (χ1) is 7.79. The fraction of sp³-hybridized carbons (Fsp3) is 0.273. The third kappa shape index (κ3) is 2.55. The van der Waals surface area contributed by atoms with E-state index < -0.39 is 0 Å². The molecule has 2 amide bonds. The van der Waals surface area contributed by atoms with Crippen molar-refractivity contribution < 1.29 is 9.59 Å². The van der Waals surface area contributed by atoms with Crippen molar-refractivity contribution in [3.63, 3.8) is 0 Å². The second-order valence-corrected chi connectivity index (χ2v) is 4.65. The van der Waals surface area contributed by atoms with E-state index in [9.17, 15) is 9.59 Å². The number of nitrogens with zero attached hydrogens (tertiary/aromatic N) is 1. The Kier molecular flexibility index (Phi) is 3.46. The molecule has 1 atom stereocenters. The summed E-state index contributed by atoms with van der Waals surface area (Å²) >= 11 is 1.16. The summed E-state index contributed by atoms with van der Waals surface area (Å²) in [6, 6.07) is 9.73. The predicted molar refractivity (Wildman–Crippen MR) is 62.8 cm³/mol. The van der Waals surface area contributed by atoms with Gasteiger partial charge in [-0.1, -0.05) is 30.3 Å². The molecule has 84 valence electrons. The number of amides is 2. The van der Waals surface area contributed by atoms with Gasteiger partial charge in [-0.05, 0) is 17.3 Å². The van der Waals surface area contributed by atoms with Crippen LogP contribution in [0.3, 0.4) is 0 Å². The number of carbonyl (C=O) groups is 2. The van der Waals surface area contributed by atoms with Gasteiger partial charge in [0.2, 0.25) is 6.41 Å². The van der Waals surface area contributed by atoms with E-state index >= 15 is 0 Å². The molecule has 0 saturated carbocycles. The van der Waals surface area contributed by atoms with Crippen LogP contribution in [0.1, 0.15) is 5.56 Å². The number of rotatable bonds is 4. The van der Waals surface area contributed by atoms with Crippen LogP contribution in [0.15, 0.2) is 30.3 Å². The Balaban J connectivity index is 2.01. The van der Waals surface area contributed by atoms with Crippen molar-refractivity contribution in [3.8, 4) is 0 Å². The van der Waals surface area contributed by atoms with Gasteiger partial charge in [-0.2, -0.15) is 0 Å². The third-order valence-electron chi connectivity index (χ3n) is 2.38. The Hall–Kier alpha value is -1.49. The minimum absolute atomic E-state index is 0.0649. The van der Waals surface area contributed by atoms with Crippen LogP contribution in [0.4, 0.5) is 4.79 Å². The average Bonchev–Trinajstić information content (AvgIpc) is 2.74. The Bertz CT molecular complexity index is 383. The summed E-state index contributed by atoms with van der Waals surface area (Å²) in [7, 11) is 0. The molecule has 1 aliphatic heterocycles. The van der Waals surface area contributed by atoms with Crippen molar-refractivity contribution in [1.82, 2.24) is 10.2 Å². The van der Waals surface area contributed by atoms with Gasteiger partial charge >= 0.3 is 0 Å². The van der Waals surface area contributed by atoms with Gasteiger partial charge in [0.25, 0.3) is 5.24 Å². The van der Waals surface area contributed by atoms with Crippen LogP contribution in [0.2, 0.25) is 0 Å². The summed E-state index contributed by atoms with van der Waals surface area (Å²) in [5, 5.41) is 2.54. The van der Waals surface area contributed by atoms with Gasteiger partial charge in [-0.3, -0.25) is 9.59 Å². The molecular weight excluding hydrogens is 224 g/mol. The zero-order valence-electron chi connectivity index (χ0n) is 8.63. The van der Waals surface area contributed by atoms with Gasteiger partial charge in [-0.25, -0.2) is 0 Å². The normalized spacial score (nSPS) is 19.2. The van der Waals surface area contributed by atoms with Gasteiger partial charge < -0.3 is 10.2 Å². The Morgan fingerprint density at radius 2 is 2.19 bits per heavy atom. The fourth-order valence-electron chi connectivity index (χ4n) is 1.56. The van der Waals surface area contributed by atoms with Crippen molar-refractivity contribution in [1.29, 1.82) is 0 Å². The summed E-state index contributed by atoms with van der Waals surface area (Å²) in [5.74, 6) is 0. The van der Waals surface area contributed by atoms with E-state index in [1.54, 1.807) is 4.90 Å². The van der Waals surface area contributed by atoms with Gasteiger partial charge in [0, 0.05) is 13.1 Å². The Morgan fingerprint density at radius 1 is 1.44 bits per heavy atom. The molecular formula is C11H12N2O2S. The Labute approximate surface area is 98.0 Å². The zero-order chi connectivity index (χ0) is 11.4. The largest absolute Gasteiger partial charge is 0.344 e. The van der Waals surface area contributed by atoms with Gasteiger partial charge in [-0.15, -0.1) is 0 Å². The maximum absolute atomic E-state index is 11.0. The lowest BCUT2D eigenvalue weighted by Crippen LogP contribution is -2.33. The van der Waals surface area contributed by atoms with Crippen LogP contribution >= 0.6 is 11.8 Å². The number of thioether (sulfide) groups is 1. The van der Waals surface area contributed by atoms with Crippen LogP contribution < -0.4 is 5.32 Å². The number of hydrogen-bond acceptors (Lipinski definition) is 3. The molecule has 1 saturated heterocycles. The molecule has 0 bridgehead atoms. The van der Waals surface area contributed by atoms with E-state index in [0.29, 0.717) is 13.1 Å². The fourth-order valence-corrected chi connectivity index (χ4v) is 2.40. The first-order valence-corrected chi connectivity index (χ1v) is 5.87. The van der Waals surface area contributed by atoms with E-state index in [4.69, 9.17) is 0 Å². The molecule has 1 aromatic rings. The minimum Gasteiger partial charge on any atom is -0.344 e. The number of benzene rings is 1. The molecule has 5 heteroatoms. The molecule has 2 rings (SSSR count). The van der Waals surface area contributed by atoms with Crippen LogP contribution in [0.5, 0.6) is 0 Å². The predicted octanol–water partition coefficient (Wildman–Crippen LogP) is 1.43. The molecule has 1 aromatic carbocycles. The van der Waals surface area contributed by atoms with Crippen LogP contribution in [-0.4, -0.2) is 28.5 Å². The molecule has 4 nitrogen and oxygen atoms in total. The van der Waals surface area contributed by atoms with E-state index in [1.165, 1.54) is 0 Å². The molecule has 0 aliphatic carbocycles. The highest BCUT2D eigenvalue weighted by Gasteiger charge is 2.27. The van der Waals surface area contributed by atoms with E-state index in [2.05, 4.69) is 5.32 Å². The molecule has 1 fully saturated rings. The zero-order valence-corrected chi connectivity index (χ0v) is 9.44. The standard InChI is InChI=1S/C11H12N2O2S/c14-8-13(10-6-12-11(15)16-10)7-9-4-2-1-3-5-9/h1-5,8,10H,6-7H2,(H,12,15). The van der Waals surface area contributed by atoms with Crippen LogP contribution in [0.25, 0.3) is 0 Å². The van der Waals surface area contributed by atoms with Crippen molar-refractivity contribution in [3.05, 3.63) is 35.9 Å². The van der Waals surface area contributed by atoms with Gasteiger partial charge in [0.1, 0.15) is 5.37 Å². The molecule has 0 aromatic heterocycles. The number of carbonyl (C=O) groups excluding carboxylic acids is 2. The smallest absolute Gasteiger partial charge is 0.281 e. The first kappa shape index (κ1) is 11.0. The van der Waals surface area contributed by atoms with E-state index in [1.807, 2.05) is 30.3 Å². The highest BCUT2D eigenvalue weighted by molar-refractivity contribution is 8.14.